The Hall–Kier alpha value is -1.87. The lowest BCUT2D eigenvalue weighted by atomic mass is 10.3. The van der Waals surface area contributed by atoms with Crippen LogP contribution in [0.15, 0.2) is 0 Å². The molecule has 1 fully saturated rings. The summed E-state index contributed by atoms with van der Waals surface area (Å²) in [6.07, 6.45) is 0.762. The predicted octanol–water partition coefficient (Wildman–Crippen LogP) is 0.678. The fourth-order valence-electron chi connectivity index (χ4n) is 2.81. The molecular weight excluding hydrogens is 314 g/mol. The summed E-state index contributed by atoms with van der Waals surface area (Å²) in [5.41, 5.74) is 7.82. The number of hydrogen-bond acceptors (Lipinski definition) is 8. The van der Waals surface area contributed by atoms with E-state index >= 15 is 0 Å². The number of ether oxygens (including phenoxy) is 1. The monoisotopic (exact) mass is 337 g/mol. The van der Waals surface area contributed by atoms with Gasteiger partial charge < -0.3 is 20.3 Å². The maximum atomic E-state index is 6.16. The summed E-state index contributed by atoms with van der Waals surface area (Å²) in [6.45, 7) is 6.21. The van der Waals surface area contributed by atoms with Crippen molar-refractivity contribution in [1.29, 1.82) is 0 Å². The zero-order chi connectivity index (χ0) is 16.4. The molecule has 2 N–H and O–H groups in total. The molecule has 9 heteroatoms. The molecule has 2 aromatic heterocycles. The molecule has 3 rings (SSSR count). The van der Waals surface area contributed by atoms with Gasteiger partial charge in [-0.3, -0.25) is 4.68 Å². The van der Waals surface area contributed by atoms with Gasteiger partial charge in [0.15, 0.2) is 5.82 Å². The van der Waals surface area contributed by atoms with Crippen molar-refractivity contribution >= 4 is 28.2 Å². The van der Waals surface area contributed by atoms with Crippen LogP contribution >= 0.6 is 11.5 Å². The maximum Gasteiger partial charge on any atom is 0.205 e. The van der Waals surface area contributed by atoms with Crippen LogP contribution in [-0.4, -0.2) is 59.0 Å². The Labute approximate surface area is 140 Å². The Kier molecular flexibility index (Phi) is 4.67. The van der Waals surface area contributed by atoms with E-state index in [0.29, 0.717) is 6.61 Å². The molecule has 0 unspecified atom stereocenters. The summed E-state index contributed by atoms with van der Waals surface area (Å²) in [5, 5.41) is 5.39. The van der Waals surface area contributed by atoms with E-state index in [1.807, 2.05) is 18.7 Å². The van der Waals surface area contributed by atoms with Crippen molar-refractivity contribution in [3.05, 3.63) is 11.5 Å². The summed E-state index contributed by atoms with van der Waals surface area (Å²) in [7, 11) is 3.64. The number of anilines is 3. The molecule has 0 saturated carbocycles. The standard InChI is InChI=1S/C14H23N7OS/c1-10-12(15)13(19(2)17-10)20-5-7-21(8-6-20)14-16-11(18-23-14)4-9-22-3/h4-9,15H2,1-3H3. The largest absolute Gasteiger partial charge is 0.394 e. The van der Waals surface area contributed by atoms with Crippen LogP contribution in [0.5, 0.6) is 0 Å². The molecule has 0 radical (unpaired) electrons. The number of rotatable bonds is 5. The first kappa shape index (κ1) is 16.0. The van der Waals surface area contributed by atoms with E-state index in [1.54, 1.807) is 7.11 Å². The second-order valence-electron chi connectivity index (χ2n) is 5.66. The number of hydrogen-bond donors (Lipinski definition) is 1. The van der Waals surface area contributed by atoms with Gasteiger partial charge in [-0.15, -0.1) is 0 Å². The molecule has 0 spiro atoms. The molecule has 1 saturated heterocycles. The molecule has 23 heavy (non-hydrogen) atoms. The van der Waals surface area contributed by atoms with E-state index in [4.69, 9.17) is 10.5 Å². The Morgan fingerprint density at radius 3 is 2.52 bits per heavy atom. The Balaban J connectivity index is 1.63. The highest BCUT2D eigenvalue weighted by molar-refractivity contribution is 7.09. The average Bonchev–Trinajstić information content (AvgIpc) is 3.11. The minimum absolute atomic E-state index is 0.656. The van der Waals surface area contributed by atoms with Crippen molar-refractivity contribution in [2.24, 2.45) is 7.05 Å². The highest BCUT2D eigenvalue weighted by Gasteiger charge is 2.24. The van der Waals surface area contributed by atoms with Crippen LogP contribution in [0.2, 0.25) is 0 Å². The zero-order valence-electron chi connectivity index (χ0n) is 13.8. The van der Waals surface area contributed by atoms with E-state index in [2.05, 4.69) is 24.3 Å². The van der Waals surface area contributed by atoms with Gasteiger partial charge in [0.1, 0.15) is 5.82 Å². The quantitative estimate of drug-likeness (QED) is 0.858. The number of aromatic nitrogens is 4. The van der Waals surface area contributed by atoms with Crippen molar-refractivity contribution < 1.29 is 4.74 Å². The molecule has 3 heterocycles. The van der Waals surface area contributed by atoms with Crippen molar-refractivity contribution in [2.75, 3.05) is 55.4 Å². The third-order valence-corrected chi connectivity index (χ3v) is 4.89. The number of aryl methyl sites for hydroxylation is 2. The molecule has 0 aromatic carbocycles. The van der Waals surface area contributed by atoms with Crippen LogP contribution in [-0.2, 0) is 18.2 Å². The van der Waals surface area contributed by atoms with Crippen LogP contribution in [0.1, 0.15) is 11.5 Å². The fraction of sp³-hybridized carbons (Fsp3) is 0.643. The topological polar surface area (TPSA) is 85.3 Å². The normalized spacial score (nSPS) is 15.4. The van der Waals surface area contributed by atoms with E-state index in [-0.39, 0.29) is 0 Å². The lowest BCUT2D eigenvalue weighted by Crippen LogP contribution is -2.47. The summed E-state index contributed by atoms with van der Waals surface area (Å²) in [6, 6.07) is 0. The van der Waals surface area contributed by atoms with Gasteiger partial charge in [0.05, 0.1) is 18.0 Å². The Morgan fingerprint density at radius 1 is 1.22 bits per heavy atom. The molecule has 0 aliphatic carbocycles. The van der Waals surface area contributed by atoms with Crippen molar-refractivity contribution in [2.45, 2.75) is 13.3 Å². The van der Waals surface area contributed by atoms with E-state index in [0.717, 1.165) is 60.8 Å². The molecule has 1 aliphatic heterocycles. The van der Waals surface area contributed by atoms with Gasteiger partial charge in [0, 0.05) is 58.3 Å². The maximum absolute atomic E-state index is 6.16. The molecule has 8 nitrogen and oxygen atoms in total. The third kappa shape index (κ3) is 3.25. The van der Waals surface area contributed by atoms with Crippen LogP contribution in [0.3, 0.4) is 0 Å². The molecule has 0 atom stereocenters. The molecule has 0 amide bonds. The van der Waals surface area contributed by atoms with Crippen LogP contribution in [0.25, 0.3) is 0 Å². The van der Waals surface area contributed by atoms with Crippen LogP contribution in [0.4, 0.5) is 16.6 Å². The van der Waals surface area contributed by atoms with Crippen molar-refractivity contribution in [3.63, 3.8) is 0 Å². The minimum Gasteiger partial charge on any atom is -0.394 e. The van der Waals surface area contributed by atoms with Gasteiger partial charge in [-0.25, -0.2) is 4.98 Å². The summed E-state index contributed by atoms with van der Waals surface area (Å²) in [4.78, 5) is 9.17. The first-order valence-corrected chi connectivity index (χ1v) is 8.48. The number of nitrogens with zero attached hydrogens (tertiary/aromatic N) is 6. The number of nitrogen functional groups attached to an aromatic ring is 1. The van der Waals surface area contributed by atoms with E-state index in [9.17, 15) is 0 Å². The number of methoxy groups -OCH3 is 1. The Morgan fingerprint density at radius 2 is 1.91 bits per heavy atom. The van der Waals surface area contributed by atoms with Gasteiger partial charge in [-0.2, -0.15) is 9.47 Å². The van der Waals surface area contributed by atoms with Gasteiger partial charge in [0.2, 0.25) is 5.13 Å². The highest BCUT2D eigenvalue weighted by atomic mass is 32.1. The second-order valence-corrected chi connectivity index (χ2v) is 6.39. The third-order valence-electron chi connectivity index (χ3n) is 4.07. The molecule has 1 aliphatic rings. The van der Waals surface area contributed by atoms with Crippen molar-refractivity contribution in [1.82, 2.24) is 19.1 Å². The lowest BCUT2D eigenvalue weighted by molar-refractivity contribution is 0.201. The molecule has 0 bridgehead atoms. The average molecular weight is 337 g/mol. The van der Waals surface area contributed by atoms with Gasteiger partial charge >= 0.3 is 0 Å². The summed E-state index contributed by atoms with van der Waals surface area (Å²) >= 11 is 1.46. The first-order valence-electron chi connectivity index (χ1n) is 7.70. The predicted molar refractivity (Wildman–Crippen MR) is 92.3 cm³/mol. The lowest BCUT2D eigenvalue weighted by Gasteiger charge is -2.35. The van der Waals surface area contributed by atoms with Crippen molar-refractivity contribution in [3.8, 4) is 0 Å². The Bertz CT molecular complexity index is 660. The second kappa shape index (κ2) is 6.71. The molecular formula is C14H23N7OS. The molecule has 2 aromatic rings. The summed E-state index contributed by atoms with van der Waals surface area (Å²) < 4.78 is 11.3. The SMILES string of the molecule is COCCc1nsc(N2CCN(c3c(N)c(C)nn3C)CC2)n1. The zero-order valence-corrected chi connectivity index (χ0v) is 14.6. The van der Waals surface area contributed by atoms with Gasteiger partial charge in [-0.05, 0) is 6.92 Å². The fourth-order valence-corrected chi connectivity index (χ4v) is 3.58. The number of nitrogens with two attached hydrogens (primary N) is 1. The number of piperazine rings is 1. The smallest absolute Gasteiger partial charge is 0.205 e. The molecule has 126 valence electrons. The van der Waals surface area contributed by atoms with Gasteiger partial charge in [-0.1, -0.05) is 0 Å². The van der Waals surface area contributed by atoms with E-state index in [1.165, 1.54) is 11.5 Å². The highest BCUT2D eigenvalue weighted by Crippen LogP contribution is 2.27. The van der Waals surface area contributed by atoms with Gasteiger partial charge in [0.25, 0.3) is 0 Å². The first-order chi connectivity index (χ1) is 11.1. The summed E-state index contributed by atoms with van der Waals surface area (Å²) in [5.74, 6) is 1.88. The van der Waals surface area contributed by atoms with Crippen LogP contribution in [0, 0.1) is 6.92 Å². The minimum atomic E-state index is 0.656. The van der Waals surface area contributed by atoms with Crippen LogP contribution < -0.4 is 15.5 Å². The van der Waals surface area contributed by atoms with E-state index < -0.39 is 0 Å².